The first-order valence-electron chi connectivity index (χ1n) is 20.9. The van der Waals surface area contributed by atoms with Crippen LogP contribution in [-0.2, 0) is 26.2 Å². The second-order valence-electron chi connectivity index (χ2n) is 16.0. The molecule has 0 aliphatic heterocycles. The van der Waals surface area contributed by atoms with Gasteiger partial charge in [-0.1, -0.05) is 0 Å². The average Bonchev–Trinajstić information content (AvgIpc) is 3.20. The minimum absolute atomic E-state index is 0. The van der Waals surface area contributed by atoms with Gasteiger partial charge in [-0.25, -0.2) is 18.3 Å². The molecule has 0 aliphatic rings. The van der Waals surface area contributed by atoms with Gasteiger partial charge >= 0.3 is 0 Å². The monoisotopic (exact) mass is 1080 g/mol. The standard InChI is InChI=1S/C54H62N4.4BrH/c1-13-17-21-25-55-31-39(5)43(9)51(35-55)47-29-49(53-37-57(27-23-19-15-3)33-41(7)45(53)11)50(54-38-58(28-24-20-16-4)34-42(8)46(54)12)30-48(47)52-36-56(26-22-18-14-2)32-40(6)44(52)10;;;;/h1-4,29-38H,17-28H2,5-12H3;4*1H/q+4;;;;/p-4. The normalized spacial score (nSPS) is 10.1. The van der Waals surface area contributed by atoms with E-state index in [-0.39, 0.29) is 67.9 Å². The summed E-state index contributed by atoms with van der Waals surface area (Å²) >= 11 is 0. The Bertz CT molecular complexity index is 2170. The van der Waals surface area contributed by atoms with Crippen LogP contribution in [0.5, 0.6) is 0 Å². The van der Waals surface area contributed by atoms with Crippen molar-refractivity contribution in [3.05, 3.63) is 106 Å². The molecule has 0 amide bonds. The molecular formula is C54H62Br4N4. The molecule has 4 aromatic heterocycles. The Morgan fingerprint density at radius 3 is 0.694 bits per heavy atom. The molecule has 5 aromatic rings. The lowest BCUT2D eigenvalue weighted by Gasteiger charge is -2.21. The molecule has 4 nitrogen and oxygen atoms in total. The fraction of sp³-hybridized carbons (Fsp3) is 0.370. The van der Waals surface area contributed by atoms with Crippen LogP contribution in [0.15, 0.2) is 61.7 Å². The molecule has 8 heteroatoms. The summed E-state index contributed by atoms with van der Waals surface area (Å²) in [5, 5.41) is 0. The first-order valence-corrected chi connectivity index (χ1v) is 20.9. The lowest BCUT2D eigenvalue weighted by Crippen LogP contribution is -3.00. The van der Waals surface area contributed by atoms with Gasteiger partial charge in [0, 0.05) is 95.9 Å². The van der Waals surface area contributed by atoms with E-state index in [2.05, 4.69) is 159 Å². The highest BCUT2D eigenvalue weighted by atomic mass is 79.9. The highest BCUT2D eigenvalue weighted by molar-refractivity contribution is 5.96. The molecule has 326 valence electrons. The topological polar surface area (TPSA) is 15.5 Å². The fourth-order valence-electron chi connectivity index (χ4n) is 7.98. The van der Waals surface area contributed by atoms with Crippen molar-refractivity contribution in [2.45, 2.75) is 133 Å². The summed E-state index contributed by atoms with van der Waals surface area (Å²) in [4.78, 5) is 0. The predicted octanol–water partition coefficient (Wildman–Crippen LogP) is -2.36. The highest BCUT2D eigenvalue weighted by Crippen LogP contribution is 2.45. The van der Waals surface area contributed by atoms with Gasteiger partial charge in [-0.15, -0.1) is 49.4 Å². The third-order valence-electron chi connectivity index (χ3n) is 11.9. The Morgan fingerprint density at radius 1 is 0.323 bits per heavy atom. The summed E-state index contributed by atoms with van der Waals surface area (Å²) in [7, 11) is 0. The van der Waals surface area contributed by atoms with Crippen molar-refractivity contribution in [2.75, 3.05) is 0 Å². The largest absolute Gasteiger partial charge is 1.00 e. The van der Waals surface area contributed by atoms with Gasteiger partial charge in [0.05, 0.1) is 0 Å². The Kier molecular flexibility index (Phi) is 24.0. The quantitative estimate of drug-likeness (QED) is 0.0599. The zero-order chi connectivity index (χ0) is 41.9. The van der Waals surface area contributed by atoms with Gasteiger partial charge in [-0.2, -0.15) is 0 Å². The van der Waals surface area contributed by atoms with E-state index in [1.54, 1.807) is 0 Å². The third-order valence-corrected chi connectivity index (χ3v) is 11.9. The van der Waals surface area contributed by atoms with E-state index < -0.39 is 0 Å². The number of rotatable bonds is 16. The molecule has 0 unspecified atom stereocenters. The van der Waals surface area contributed by atoms with Crippen LogP contribution in [0.4, 0.5) is 0 Å². The molecule has 0 fully saturated rings. The van der Waals surface area contributed by atoms with Gasteiger partial charge in [0.2, 0.25) is 0 Å². The number of aromatic nitrogens is 4. The van der Waals surface area contributed by atoms with E-state index in [4.69, 9.17) is 25.7 Å². The number of pyridine rings is 4. The van der Waals surface area contributed by atoms with Crippen molar-refractivity contribution < 1.29 is 86.2 Å². The third kappa shape index (κ3) is 13.5. The molecule has 62 heavy (non-hydrogen) atoms. The maximum absolute atomic E-state index is 5.70. The molecule has 0 aliphatic carbocycles. The number of hydrogen-bond donors (Lipinski definition) is 0. The average molecular weight is 1090 g/mol. The van der Waals surface area contributed by atoms with Crippen molar-refractivity contribution in [3.63, 3.8) is 0 Å². The Hall–Kier alpha value is -4.02. The number of hydrogen-bond acceptors (Lipinski definition) is 0. The summed E-state index contributed by atoms with van der Waals surface area (Å²) < 4.78 is 9.32. The number of unbranched alkanes of at least 4 members (excludes halogenated alkanes) is 4. The van der Waals surface area contributed by atoms with Crippen LogP contribution in [0.3, 0.4) is 0 Å². The van der Waals surface area contributed by atoms with E-state index in [0.717, 1.165) is 77.5 Å². The van der Waals surface area contributed by atoms with E-state index in [1.165, 1.54) is 89.0 Å². The number of nitrogens with zero attached hydrogens (tertiary/aromatic N) is 4. The van der Waals surface area contributed by atoms with Crippen molar-refractivity contribution >= 4 is 0 Å². The van der Waals surface area contributed by atoms with Crippen molar-refractivity contribution in [1.82, 2.24) is 0 Å². The van der Waals surface area contributed by atoms with E-state index in [9.17, 15) is 0 Å². The van der Waals surface area contributed by atoms with Crippen LogP contribution in [0.2, 0.25) is 0 Å². The summed E-state index contributed by atoms with van der Waals surface area (Å²) in [5.41, 5.74) is 19.8. The molecule has 0 spiro atoms. The summed E-state index contributed by atoms with van der Waals surface area (Å²) in [5.74, 6) is 11.3. The van der Waals surface area contributed by atoms with Crippen LogP contribution in [0, 0.1) is 105 Å². The molecule has 1 aromatic carbocycles. The first-order chi connectivity index (χ1) is 27.9. The minimum atomic E-state index is 0. The fourth-order valence-corrected chi connectivity index (χ4v) is 7.98. The highest BCUT2D eigenvalue weighted by Gasteiger charge is 2.27. The molecule has 0 atom stereocenters. The summed E-state index contributed by atoms with van der Waals surface area (Å²) in [6, 6.07) is 4.97. The predicted molar refractivity (Wildman–Crippen MR) is 239 cm³/mol. The van der Waals surface area contributed by atoms with Crippen molar-refractivity contribution in [2.24, 2.45) is 0 Å². The van der Waals surface area contributed by atoms with Crippen molar-refractivity contribution in [1.29, 1.82) is 0 Å². The van der Waals surface area contributed by atoms with E-state index in [0.29, 0.717) is 0 Å². The van der Waals surface area contributed by atoms with Gasteiger partial charge in [0.25, 0.3) is 0 Å². The Balaban J connectivity index is 0.00000480. The number of benzene rings is 1. The van der Waals surface area contributed by atoms with E-state index in [1.807, 2.05) is 0 Å². The van der Waals surface area contributed by atoms with Crippen LogP contribution in [0.1, 0.15) is 95.9 Å². The van der Waals surface area contributed by atoms with Gasteiger partial charge < -0.3 is 67.9 Å². The maximum Gasteiger partial charge on any atom is 0.176 e. The van der Waals surface area contributed by atoms with Crippen LogP contribution >= 0.6 is 0 Å². The van der Waals surface area contributed by atoms with Crippen molar-refractivity contribution in [3.8, 4) is 93.9 Å². The van der Waals surface area contributed by atoms with E-state index >= 15 is 0 Å². The smallest absolute Gasteiger partial charge is 0.176 e. The molecule has 0 saturated carbocycles. The summed E-state index contributed by atoms with van der Waals surface area (Å²) in [6.07, 6.45) is 47.9. The second kappa shape index (κ2) is 26.6. The second-order valence-corrected chi connectivity index (χ2v) is 16.0. The first kappa shape index (κ1) is 56.0. The minimum Gasteiger partial charge on any atom is -1.00 e. The molecule has 0 bridgehead atoms. The van der Waals surface area contributed by atoms with Crippen LogP contribution in [-0.4, -0.2) is 0 Å². The zero-order valence-electron chi connectivity index (χ0n) is 37.9. The maximum atomic E-state index is 5.70. The molecule has 4 heterocycles. The lowest BCUT2D eigenvalue weighted by atomic mass is 9.82. The molecular weight excluding hydrogens is 1020 g/mol. The number of terminal acetylenes is 4. The lowest BCUT2D eigenvalue weighted by molar-refractivity contribution is -0.697. The van der Waals surface area contributed by atoms with Gasteiger partial charge in [0.15, 0.2) is 49.6 Å². The van der Waals surface area contributed by atoms with Gasteiger partial charge in [0.1, 0.15) is 26.2 Å². The van der Waals surface area contributed by atoms with Gasteiger partial charge in [-0.3, -0.25) is 0 Å². The molecule has 0 saturated heterocycles. The number of halogens is 4. The Labute approximate surface area is 416 Å². The zero-order valence-corrected chi connectivity index (χ0v) is 44.2. The van der Waals surface area contributed by atoms with Crippen LogP contribution in [0.25, 0.3) is 44.5 Å². The van der Waals surface area contributed by atoms with Gasteiger partial charge in [-0.05, 0) is 112 Å². The molecule has 0 radical (unpaired) electrons. The SMILES string of the molecule is C#CCCC[n+]1cc(C)c(C)c(-c2cc(-c3c[n+](CCCC#C)cc(C)c3C)c(-c3c[n+](CCCC#C)cc(C)c3C)cc2-c2c[n+](CCCC#C)cc(C)c2C)c1.[Br-].[Br-].[Br-].[Br-]. The van der Waals surface area contributed by atoms with Crippen LogP contribution < -0.4 is 86.2 Å². The molecule has 5 rings (SSSR count). The Morgan fingerprint density at radius 2 is 0.516 bits per heavy atom. The summed E-state index contributed by atoms with van der Waals surface area (Å²) in [6.45, 7) is 21.4. The molecule has 0 N–H and O–H groups in total. The number of aryl methyl sites for hydroxylation is 8.